The summed E-state index contributed by atoms with van der Waals surface area (Å²) >= 11 is 0. The Hall–Kier alpha value is -0.300. The summed E-state index contributed by atoms with van der Waals surface area (Å²) in [7, 11) is 0. The largest absolute Gasteiger partial charge is 0.392 e. The van der Waals surface area contributed by atoms with Crippen LogP contribution in [0.3, 0.4) is 0 Å². The summed E-state index contributed by atoms with van der Waals surface area (Å²) in [5, 5.41) is 10.3. The number of rotatable bonds is 0. The summed E-state index contributed by atoms with van der Waals surface area (Å²) in [6.07, 6.45) is 7.34. The van der Waals surface area contributed by atoms with Crippen LogP contribution in [-0.2, 0) is 0 Å². The van der Waals surface area contributed by atoms with E-state index >= 15 is 0 Å². The predicted octanol–water partition coefficient (Wildman–Crippen LogP) is 2.75. The molecule has 0 heterocycles. The summed E-state index contributed by atoms with van der Waals surface area (Å²) < 4.78 is 0. The lowest BCUT2D eigenvalue weighted by Crippen LogP contribution is -2.40. The molecule has 0 aromatic rings. The van der Waals surface area contributed by atoms with Crippen molar-refractivity contribution in [2.45, 2.75) is 45.6 Å². The second kappa shape index (κ2) is 2.63. The second-order valence-corrected chi connectivity index (χ2v) is 5.64. The molecule has 5 unspecified atom stereocenters. The van der Waals surface area contributed by atoms with Gasteiger partial charge in [0, 0.05) is 5.41 Å². The summed E-state index contributed by atoms with van der Waals surface area (Å²) in [5.41, 5.74) is 1.84. The third-order valence-corrected chi connectivity index (χ3v) is 5.33. The van der Waals surface area contributed by atoms with Gasteiger partial charge in [-0.05, 0) is 50.4 Å². The van der Waals surface area contributed by atoms with Crippen LogP contribution in [0.1, 0.15) is 39.5 Å². The molecule has 0 radical (unpaired) electrons. The molecule has 0 amide bonds. The molecule has 2 fully saturated rings. The van der Waals surface area contributed by atoms with E-state index in [9.17, 15) is 5.11 Å². The molecular formula is C13H20O. The van der Waals surface area contributed by atoms with Crippen LogP contribution in [0.5, 0.6) is 0 Å². The van der Waals surface area contributed by atoms with Gasteiger partial charge in [0.15, 0.2) is 0 Å². The Morgan fingerprint density at radius 3 is 2.86 bits per heavy atom. The maximum atomic E-state index is 10.3. The van der Waals surface area contributed by atoms with Gasteiger partial charge in [0.05, 0.1) is 6.10 Å². The molecule has 78 valence electrons. The Morgan fingerprint density at radius 1 is 1.29 bits per heavy atom. The van der Waals surface area contributed by atoms with Crippen molar-refractivity contribution in [1.29, 1.82) is 0 Å². The Labute approximate surface area is 86.2 Å². The van der Waals surface area contributed by atoms with Crippen molar-refractivity contribution in [2.24, 2.45) is 23.2 Å². The number of allylic oxidation sites excluding steroid dienone is 2. The highest BCUT2D eigenvalue weighted by atomic mass is 16.3. The lowest BCUT2D eigenvalue weighted by Gasteiger charge is -2.38. The van der Waals surface area contributed by atoms with Crippen molar-refractivity contribution < 1.29 is 5.11 Å². The average molecular weight is 192 g/mol. The van der Waals surface area contributed by atoms with E-state index < -0.39 is 0 Å². The van der Waals surface area contributed by atoms with E-state index in [1.807, 2.05) is 0 Å². The number of hydrogen-bond acceptors (Lipinski definition) is 1. The molecule has 0 saturated heterocycles. The zero-order valence-electron chi connectivity index (χ0n) is 9.16. The van der Waals surface area contributed by atoms with E-state index in [4.69, 9.17) is 0 Å². The van der Waals surface area contributed by atoms with Gasteiger partial charge in [-0.2, -0.15) is 0 Å². The van der Waals surface area contributed by atoms with Crippen LogP contribution in [0.4, 0.5) is 0 Å². The monoisotopic (exact) mass is 192 g/mol. The predicted molar refractivity (Wildman–Crippen MR) is 56.8 cm³/mol. The van der Waals surface area contributed by atoms with Crippen molar-refractivity contribution in [3.05, 3.63) is 11.6 Å². The van der Waals surface area contributed by atoms with Crippen LogP contribution < -0.4 is 0 Å². The fourth-order valence-corrected chi connectivity index (χ4v) is 4.81. The highest BCUT2D eigenvalue weighted by molar-refractivity contribution is 5.29. The van der Waals surface area contributed by atoms with Crippen molar-refractivity contribution in [3.8, 4) is 0 Å². The topological polar surface area (TPSA) is 20.2 Å². The second-order valence-electron chi connectivity index (χ2n) is 5.64. The normalized spacial score (nSPS) is 55.8. The molecule has 1 nitrogen and oxygen atoms in total. The molecule has 14 heavy (non-hydrogen) atoms. The molecule has 2 saturated carbocycles. The Balaban J connectivity index is 2.09. The van der Waals surface area contributed by atoms with Gasteiger partial charge in [-0.15, -0.1) is 0 Å². The van der Waals surface area contributed by atoms with Crippen molar-refractivity contribution >= 4 is 0 Å². The summed E-state index contributed by atoms with van der Waals surface area (Å²) in [5.74, 6) is 2.13. The van der Waals surface area contributed by atoms with Gasteiger partial charge >= 0.3 is 0 Å². The van der Waals surface area contributed by atoms with Gasteiger partial charge in [-0.1, -0.05) is 18.6 Å². The first-order chi connectivity index (χ1) is 6.67. The molecule has 3 aliphatic carbocycles. The molecule has 1 spiro atoms. The third-order valence-electron chi connectivity index (χ3n) is 5.33. The smallest absolute Gasteiger partial charge is 0.0610 e. The zero-order valence-corrected chi connectivity index (χ0v) is 9.16. The van der Waals surface area contributed by atoms with E-state index in [0.717, 1.165) is 12.3 Å². The molecule has 5 atom stereocenters. The van der Waals surface area contributed by atoms with Crippen LogP contribution in [0.2, 0.25) is 0 Å². The lowest BCUT2D eigenvalue weighted by atomic mass is 9.67. The first-order valence-electron chi connectivity index (χ1n) is 6.03. The van der Waals surface area contributed by atoms with Crippen LogP contribution >= 0.6 is 0 Å². The van der Waals surface area contributed by atoms with Crippen molar-refractivity contribution in [1.82, 2.24) is 0 Å². The van der Waals surface area contributed by atoms with Crippen LogP contribution in [0.25, 0.3) is 0 Å². The molecule has 0 aromatic carbocycles. The molecule has 1 N–H and O–H groups in total. The Morgan fingerprint density at radius 2 is 2.07 bits per heavy atom. The van der Waals surface area contributed by atoms with E-state index in [2.05, 4.69) is 19.9 Å². The molecule has 3 aliphatic rings. The lowest BCUT2D eigenvalue weighted by molar-refractivity contribution is -0.00565. The maximum absolute atomic E-state index is 10.3. The SMILES string of the molecule is CC1=CC2CCC(O)C23C(C)CCC13. The molecule has 0 bridgehead atoms. The number of aliphatic hydroxyl groups excluding tert-OH is 1. The first kappa shape index (κ1) is 8.96. The number of aliphatic hydroxyl groups is 1. The van der Waals surface area contributed by atoms with Gasteiger partial charge in [-0.25, -0.2) is 0 Å². The minimum Gasteiger partial charge on any atom is -0.392 e. The summed E-state index contributed by atoms with van der Waals surface area (Å²) in [6.45, 7) is 4.63. The minimum atomic E-state index is -0.0244. The van der Waals surface area contributed by atoms with Gasteiger partial charge in [-0.3, -0.25) is 0 Å². The molecule has 3 rings (SSSR count). The average Bonchev–Trinajstić information content (AvgIpc) is 2.71. The highest BCUT2D eigenvalue weighted by Gasteiger charge is 2.62. The van der Waals surface area contributed by atoms with Crippen molar-refractivity contribution in [2.75, 3.05) is 0 Å². The zero-order chi connectivity index (χ0) is 9.92. The number of hydrogen-bond donors (Lipinski definition) is 1. The van der Waals surface area contributed by atoms with Gasteiger partial charge in [0.1, 0.15) is 0 Å². The standard InChI is InChI=1S/C13H20O/c1-8-7-10-4-6-12(14)13(10)9(2)3-5-11(8)13/h7,9-12,14H,3-6H2,1-2H3. The Bertz CT molecular complexity index is 288. The Kier molecular flexibility index (Phi) is 1.69. The van der Waals surface area contributed by atoms with E-state index in [1.54, 1.807) is 5.57 Å². The fraction of sp³-hybridized carbons (Fsp3) is 0.846. The third kappa shape index (κ3) is 0.770. The van der Waals surface area contributed by atoms with E-state index in [1.165, 1.54) is 19.3 Å². The molecule has 0 aliphatic heterocycles. The van der Waals surface area contributed by atoms with Gasteiger partial charge < -0.3 is 5.11 Å². The van der Waals surface area contributed by atoms with Gasteiger partial charge in [0.2, 0.25) is 0 Å². The molecule has 0 aromatic heterocycles. The van der Waals surface area contributed by atoms with Crippen LogP contribution in [0, 0.1) is 23.2 Å². The quantitative estimate of drug-likeness (QED) is 0.585. The van der Waals surface area contributed by atoms with Crippen molar-refractivity contribution in [3.63, 3.8) is 0 Å². The minimum absolute atomic E-state index is 0.0244. The maximum Gasteiger partial charge on any atom is 0.0610 e. The fourth-order valence-electron chi connectivity index (χ4n) is 4.81. The summed E-state index contributed by atoms with van der Waals surface area (Å²) in [4.78, 5) is 0. The van der Waals surface area contributed by atoms with Gasteiger partial charge in [0.25, 0.3) is 0 Å². The first-order valence-corrected chi connectivity index (χ1v) is 6.03. The van der Waals surface area contributed by atoms with Crippen LogP contribution in [0.15, 0.2) is 11.6 Å². The molecular weight excluding hydrogens is 172 g/mol. The van der Waals surface area contributed by atoms with E-state index in [0.29, 0.717) is 11.8 Å². The summed E-state index contributed by atoms with van der Waals surface area (Å²) in [6, 6.07) is 0. The van der Waals surface area contributed by atoms with Crippen LogP contribution in [-0.4, -0.2) is 11.2 Å². The highest BCUT2D eigenvalue weighted by Crippen LogP contribution is 2.66. The molecule has 1 heteroatoms. The van der Waals surface area contributed by atoms with E-state index in [-0.39, 0.29) is 11.5 Å².